The number of nitrogens with zero attached hydrogens (tertiary/aromatic N) is 4. The fourth-order valence-corrected chi connectivity index (χ4v) is 4.35. The van der Waals surface area contributed by atoms with Crippen LogP contribution in [0.2, 0.25) is 0 Å². The van der Waals surface area contributed by atoms with E-state index in [-0.39, 0.29) is 23.4 Å². The summed E-state index contributed by atoms with van der Waals surface area (Å²) in [6, 6.07) is 2.69. The molecule has 0 N–H and O–H groups in total. The molecule has 5 nitrogen and oxygen atoms in total. The Bertz CT molecular complexity index is 846. The Morgan fingerprint density at radius 1 is 1.11 bits per heavy atom. The average molecular weight is 380 g/mol. The zero-order chi connectivity index (χ0) is 19.2. The van der Waals surface area contributed by atoms with Crippen LogP contribution in [0.15, 0.2) is 12.1 Å². The van der Waals surface area contributed by atoms with E-state index in [0.717, 1.165) is 36.3 Å². The quantitative estimate of drug-likeness (QED) is 0.793. The molecule has 146 valence electrons. The summed E-state index contributed by atoms with van der Waals surface area (Å²) in [5.41, 5.74) is 0.381. The van der Waals surface area contributed by atoms with Gasteiger partial charge in [0, 0.05) is 36.7 Å². The minimum absolute atomic E-state index is 0.0704. The van der Waals surface area contributed by atoms with E-state index < -0.39 is 11.9 Å². The number of piperidine rings is 1. The number of fused-ring (bicyclic) bond motifs is 1. The van der Waals surface area contributed by atoms with Crippen LogP contribution in [0, 0.1) is 12.8 Å². The molecule has 0 spiro atoms. The van der Waals surface area contributed by atoms with E-state index in [2.05, 4.69) is 10.1 Å². The molecule has 4 rings (SSSR count). The lowest BCUT2D eigenvalue weighted by Gasteiger charge is -2.33. The van der Waals surface area contributed by atoms with Gasteiger partial charge in [0.05, 0.1) is 5.69 Å². The van der Waals surface area contributed by atoms with E-state index in [9.17, 15) is 18.0 Å². The van der Waals surface area contributed by atoms with Gasteiger partial charge in [0.2, 0.25) is 5.91 Å². The second-order valence-electron chi connectivity index (χ2n) is 7.70. The third-order valence-corrected chi connectivity index (χ3v) is 5.79. The fraction of sp³-hybridized carbons (Fsp3) is 0.632. The Hall–Kier alpha value is -2.12. The SMILES string of the molecule is Cc1cc2nc(C3CCN(C(=O)C4CCCC4)CC3)cc(C(F)(F)F)n2n1. The molecule has 0 unspecified atom stereocenters. The molecule has 1 amide bonds. The molecule has 0 aromatic carbocycles. The van der Waals surface area contributed by atoms with Crippen molar-refractivity contribution in [2.75, 3.05) is 13.1 Å². The maximum absolute atomic E-state index is 13.5. The Labute approximate surface area is 155 Å². The highest BCUT2D eigenvalue weighted by molar-refractivity contribution is 5.79. The van der Waals surface area contributed by atoms with Crippen molar-refractivity contribution in [3.8, 4) is 0 Å². The van der Waals surface area contributed by atoms with Crippen molar-refractivity contribution in [3.63, 3.8) is 0 Å². The molecule has 1 saturated heterocycles. The topological polar surface area (TPSA) is 50.5 Å². The average Bonchev–Trinajstić information content (AvgIpc) is 3.28. The largest absolute Gasteiger partial charge is 0.433 e. The second kappa shape index (κ2) is 6.80. The lowest BCUT2D eigenvalue weighted by atomic mass is 9.92. The van der Waals surface area contributed by atoms with Crippen LogP contribution >= 0.6 is 0 Å². The number of likely N-dealkylation sites (tertiary alicyclic amines) is 1. The minimum atomic E-state index is -4.49. The maximum Gasteiger partial charge on any atom is 0.433 e. The lowest BCUT2D eigenvalue weighted by Crippen LogP contribution is -2.41. The van der Waals surface area contributed by atoms with Crippen molar-refractivity contribution in [2.45, 2.75) is 57.5 Å². The first kappa shape index (κ1) is 18.3. The molecule has 1 aliphatic carbocycles. The van der Waals surface area contributed by atoms with Gasteiger partial charge in [-0.05, 0) is 38.7 Å². The highest BCUT2D eigenvalue weighted by atomic mass is 19.4. The van der Waals surface area contributed by atoms with Crippen LogP contribution in [0.5, 0.6) is 0 Å². The maximum atomic E-state index is 13.5. The number of hydrogen-bond acceptors (Lipinski definition) is 3. The van der Waals surface area contributed by atoms with E-state index >= 15 is 0 Å². The van der Waals surface area contributed by atoms with Crippen LogP contribution in [-0.4, -0.2) is 38.5 Å². The number of aromatic nitrogens is 3. The summed E-state index contributed by atoms with van der Waals surface area (Å²) in [5.74, 6) is 0.290. The lowest BCUT2D eigenvalue weighted by molar-refractivity contribution is -0.142. The van der Waals surface area contributed by atoms with E-state index in [4.69, 9.17) is 0 Å². The molecule has 2 aromatic rings. The first-order valence-corrected chi connectivity index (χ1v) is 9.56. The number of rotatable bonds is 2. The number of carbonyl (C=O) groups excluding carboxylic acids is 1. The zero-order valence-electron chi connectivity index (χ0n) is 15.3. The van der Waals surface area contributed by atoms with Crippen LogP contribution in [-0.2, 0) is 11.0 Å². The van der Waals surface area contributed by atoms with Gasteiger partial charge in [0.15, 0.2) is 5.65 Å². The molecule has 0 radical (unpaired) electrons. The van der Waals surface area contributed by atoms with Gasteiger partial charge < -0.3 is 4.90 Å². The number of carbonyl (C=O) groups is 1. The van der Waals surface area contributed by atoms with Gasteiger partial charge in [-0.25, -0.2) is 9.50 Å². The number of halogens is 3. The summed E-state index contributed by atoms with van der Waals surface area (Å²) < 4.78 is 41.3. The van der Waals surface area contributed by atoms with Gasteiger partial charge in [-0.1, -0.05) is 12.8 Å². The van der Waals surface area contributed by atoms with Crippen LogP contribution in [0.4, 0.5) is 13.2 Å². The Morgan fingerprint density at radius 2 is 1.78 bits per heavy atom. The molecule has 2 aliphatic rings. The summed E-state index contributed by atoms with van der Waals surface area (Å²) in [7, 11) is 0. The van der Waals surface area contributed by atoms with Crippen molar-refractivity contribution >= 4 is 11.6 Å². The minimum Gasteiger partial charge on any atom is -0.342 e. The van der Waals surface area contributed by atoms with Gasteiger partial charge in [0.25, 0.3) is 0 Å². The summed E-state index contributed by atoms with van der Waals surface area (Å²) in [6.45, 7) is 2.83. The third kappa shape index (κ3) is 3.53. The summed E-state index contributed by atoms with van der Waals surface area (Å²) in [6.07, 6.45) is 0.953. The first-order valence-electron chi connectivity index (χ1n) is 9.56. The van der Waals surface area contributed by atoms with Crippen LogP contribution in [0.1, 0.15) is 61.5 Å². The van der Waals surface area contributed by atoms with Crippen molar-refractivity contribution in [1.82, 2.24) is 19.5 Å². The van der Waals surface area contributed by atoms with Crippen molar-refractivity contribution in [3.05, 3.63) is 29.2 Å². The van der Waals surface area contributed by atoms with Crippen molar-refractivity contribution in [1.29, 1.82) is 0 Å². The van der Waals surface area contributed by atoms with Gasteiger partial charge in [-0.15, -0.1) is 0 Å². The highest BCUT2D eigenvalue weighted by Gasteiger charge is 2.37. The van der Waals surface area contributed by atoms with Crippen LogP contribution in [0.3, 0.4) is 0 Å². The Balaban J connectivity index is 1.54. The molecule has 1 aliphatic heterocycles. The van der Waals surface area contributed by atoms with E-state index in [1.54, 1.807) is 13.0 Å². The summed E-state index contributed by atoms with van der Waals surface area (Å²) >= 11 is 0. The second-order valence-corrected chi connectivity index (χ2v) is 7.70. The monoisotopic (exact) mass is 380 g/mol. The number of amides is 1. The standard InChI is InChI=1S/C19H23F3N4O/c1-12-10-17-23-15(11-16(19(20,21)22)26(17)24-12)13-6-8-25(9-7-13)18(27)14-4-2-3-5-14/h10-11,13-14H,2-9H2,1H3. The zero-order valence-corrected chi connectivity index (χ0v) is 15.3. The van der Waals surface area contributed by atoms with E-state index in [1.807, 2.05) is 4.90 Å². The summed E-state index contributed by atoms with van der Waals surface area (Å²) in [5, 5.41) is 3.93. The normalized spacial score (nSPS) is 19.9. The molecule has 27 heavy (non-hydrogen) atoms. The van der Waals surface area contributed by atoms with Crippen LogP contribution in [0.25, 0.3) is 5.65 Å². The smallest absolute Gasteiger partial charge is 0.342 e. The number of alkyl halides is 3. The van der Waals surface area contributed by atoms with Crippen molar-refractivity contribution in [2.24, 2.45) is 5.92 Å². The van der Waals surface area contributed by atoms with Crippen LogP contribution < -0.4 is 0 Å². The summed E-state index contributed by atoms with van der Waals surface area (Å²) in [4.78, 5) is 18.9. The van der Waals surface area contributed by atoms with Gasteiger partial charge >= 0.3 is 6.18 Å². The molecule has 0 atom stereocenters. The van der Waals surface area contributed by atoms with Gasteiger partial charge in [-0.3, -0.25) is 4.79 Å². The van der Waals surface area contributed by atoms with E-state index in [1.165, 1.54) is 0 Å². The van der Waals surface area contributed by atoms with Gasteiger partial charge in [-0.2, -0.15) is 18.3 Å². The number of aryl methyl sites for hydroxylation is 1. The van der Waals surface area contributed by atoms with E-state index in [0.29, 0.717) is 37.3 Å². The predicted molar refractivity (Wildman–Crippen MR) is 93.2 cm³/mol. The molecule has 2 fully saturated rings. The predicted octanol–water partition coefficient (Wildman–Crippen LogP) is 3.95. The highest BCUT2D eigenvalue weighted by Crippen LogP contribution is 2.35. The molecular weight excluding hydrogens is 357 g/mol. The fourth-order valence-electron chi connectivity index (χ4n) is 4.35. The molecule has 1 saturated carbocycles. The van der Waals surface area contributed by atoms with Gasteiger partial charge in [0.1, 0.15) is 5.69 Å². The molecule has 3 heterocycles. The van der Waals surface area contributed by atoms with Crippen molar-refractivity contribution < 1.29 is 18.0 Å². The molecule has 2 aromatic heterocycles. The Kier molecular flexibility index (Phi) is 4.60. The molecular formula is C19H23F3N4O. The third-order valence-electron chi connectivity index (χ3n) is 5.79. The number of hydrogen-bond donors (Lipinski definition) is 0. The molecule has 0 bridgehead atoms. The Morgan fingerprint density at radius 3 is 2.41 bits per heavy atom. The first-order chi connectivity index (χ1) is 12.8. The molecule has 8 heteroatoms.